The summed E-state index contributed by atoms with van der Waals surface area (Å²) in [7, 11) is 0. The number of hydrogen-bond acceptors (Lipinski definition) is 3. The van der Waals surface area contributed by atoms with Crippen molar-refractivity contribution in [2.75, 3.05) is 19.6 Å². The monoisotopic (exact) mass is 271 g/mol. The zero-order valence-electron chi connectivity index (χ0n) is 10.3. The zero-order chi connectivity index (χ0) is 13.0. The second kappa shape index (κ2) is 6.48. The molecule has 18 heavy (non-hydrogen) atoms. The van der Waals surface area contributed by atoms with Crippen molar-refractivity contribution in [1.82, 2.24) is 10.4 Å². The van der Waals surface area contributed by atoms with Gasteiger partial charge in [-0.1, -0.05) is 24.1 Å². The zero-order valence-corrected chi connectivity index (χ0v) is 11.1. The van der Waals surface area contributed by atoms with Gasteiger partial charge in [0, 0.05) is 30.2 Å². The van der Waals surface area contributed by atoms with Gasteiger partial charge in [0.2, 0.25) is 0 Å². The molecule has 1 aromatic rings. The summed E-state index contributed by atoms with van der Waals surface area (Å²) in [5.74, 6) is -0.303. The molecule has 1 saturated heterocycles. The van der Waals surface area contributed by atoms with E-state index in [9.17, 15) is 4.39 Å². The van der Waals surface area contributed by atoms with Gasteiger partial charge < -0.3 is 5.73 Å². The minimum atomic E-state index is -0.303. The van der Waals surface area contributed by atoms with Crippen LogP contribution in [0.5, 0.6) is 0 Å². The van der Waals surface area contributed by atoms with E-state index in [1.54, 1.807) is 12.1 Å². The van der Waals surface area contributed by atoms with Gasteiger partial charge in [-0.3, -0.25) is 0 Å². The highest BCUT2D eigenvalue weighted by molar-refractivity contribution is 6.30. The topological polar surface area (TPSA) is 41.3 Å². The van der Waals surface area contributed by atoms with E-state index in [2.05, 4.69) is 10.4 Å². The molecule has 0 saturated carbocycles. The molecule has 1 atom stereocenters. The van der Waals surface area contributed by atoms with Crippen LogP contribution >= 0.6 is 11.6 Å². The first-order valence-electron chi connectivity index (χ1n) is 6.37. The van der Waals surface area contributed by atoms with Crippen molar-refractivity contribution in [3.63, 3.8) is 0 Å². The minimum absolute atomic E-state index is 0.194. The second-order valence-electron chi connectivity index (χ2n) is 4.63. The highest BCUT2D eigenvalue weighted by Gasteiger charge is 2.18. The SMILES string of the molecule is NCC(NN1CCCCC1)c1ccc(Cl)cc1F. The van der Waals surface area contributed by atoms with Crippen LogP contribution in [0.2, 0.25) is 5.02 Å². The normalized spacial score (nSPS) is 18.8. The fourth-order valence-electron chi connectivity index (χ4n) is 2.28. The highest BCUT2D eigenvalue weighted by atomic mass is 35.5. The number of nitrogens with one attached hydrogen (secondary N) is 1. The van der Waals surface area contributed by atoms with Gasteiger partial charge in [-0.25, -0.2) is 14.8 Å². The highest BCUT2D eigenvalue weighted by Crippen LogP contribution is 2.21. The van der Waals surface area contributed by atoms with Crippen molar-refractivity contribution < 1.29 is 4.39 Å². The van der Waals surface area contributed by atoms with Crippen LogP contribution in [0, 0.1) is 5.82 Å². The molecule has 1 aliphatic heterocycles. The van der Waals surface area contributed by atoms with Crippen molar-refractivity contribution in [3.05, 3.63) is 34.6 Å². The van der Waals surface area contributed by atoms with E-state index in [0.29, 0.717) is 17.1 Å². The molecule has 3 nitrogen and oxygen atoms in total. The van der Waals surface area contributed by atoms with Gasteiger partial charge in [-0.15, -0.1) is 0 Å². The second-order valence-corrected chi connectivity index (χ2v) is 5.07. The van der Waals surface area contributed by atoms with E-state index in [0.717, 1.165) is 13.1 Å². The first kappa shape index (κ1) is 13.7. The summed E-state index contributed by atoms with van der Waals surface area (Å²) in [6.07, 6.45) is 3.61. The van der Waals surface area contributed by atoms with Crippen LogP contribution in [0.25, 0.3) is 0 Å². The Kier molecular flexibility index (Phi) is 4.95. The smallest absolute Gasteiger partial charge is 0.129 e. The average molecular weight is 272 g/mol. The molecule has 0 aromatic heterocycles. The quantitative estimate of drug-likeness (QED) is 0.884. The molecule has 3 N–H and O–H groups in total. The van der Waals surface area contributed by atoms with E-state index < -0.39 is 0 Å². The molecule has 0 bridgehead atoms. The van der Waals surface area contributed by atoms with Gasteiger partial charge in [-0.05, 0) is 25.0 Å². The van der Waals surface area contributed by atoms with E-state index in [1.165, 1.54) is 25.3 Å². The Hall–Kier alpha value is -0.680. The molecular formula is C13H19ClFN3. The van der Waals surface area contributed by atoms with Gasteiger partial charge in [0.05, 0.1) is 6.04 Å². The first-order valence-corrected chi connectivity index (χ1v) is 6.74. The number of piperidine rings is 1. The Morgan fingerprint density at radius 2 is 2.06 bits per heavy atom. The molecule has 1 aliphatic rings. The van der Waals surface area contributed by atoms with Crippen LogP contribution in [0.3, 0.4) is 0 Å². The van der Waals surface area contributed by atoms with Crippen LogP contribution in [-0.2, 0) is 0 Å². The maximum Gasteiger partial charge on any atom is 0.129 e. The molecule has 2 rings (SSSR count). The maximum absolute atomic E-state index is 13.8. The molecule has 0 spiro atoms. The largest absolute Gasteiger partial charge is 0.329 e. The van der Waals surface area contributed by atoms with E-state index >= 15 is 0 Å². The maximum atomic E-state index is 13.8. The summed E-state index contributed by atoms with van der Waals surface area (Å²) in [5, 5.41) is 2.54. The fourth-order valence-corrected chi connectivity index (χ4v) is 2.44. The molecule has 1 aromatic carbocycles. The summed E-state index contributed by atoms with van der Waals surface area (Å²) in [6, 6.07) is 4.53. The summed E-state index contributed by atoms with van der Waals surface area (Å²) >= 11 is 5.75. The average Bonchev–Trinajstić information content (AvgIpc) is 2.38. The fraction of sp³-hybridized carbons (Fsp3) is 0.538. The summed E-state index contributed by atoms with van der Waals surface area (Å²) in [5.41, 5.74) is 9.62. The van der Waals surface area contributed by atoms with Crippen molar-refractivity contribution >= 4 is 11.6 Å². The van der Waals surface area contributed by atoms with Crippen LogP contribution in [-0.4, -0.2) is 24.6 Å². The van der Waals surface area contributed by atoms with Crippen molar-refractivity contribution in [2.24, 2.45) is 5.73 Å². The Bertz CT molecular complexity index is 394. The lowest BCUT2D eigenvalue weighted by Crippen LogP contribution is -2.45. The van der Waals surface area contributed by atoms with E-state index in [1.807, 2.05) is 0 Å². The molecule has 0 aliphatic carbocycles. The van der Waals surface area contributed by atoms with Gasteiger partial charge in [0.25, 0.3) is 0 Å². The lowest BCUT2D eigenvalue weighted by Gasteiger charge is -2.31. The molecular weight excluding hydrogens is 253 g/mol. The Labute approximate surface area is 112 Å². The molecule has 100 valence electrons. The Morgan fingerprint density at radius 1 is 1.33 bits per heavy atom. The molecule has 1 fully saturated rings. The molecule has 0 radical (unpaired) electrons. The minimum Gasteiger partial charge on any atom is -0.329 e. The number of nitrogens with zero attached hydrogens (tertiary/aromatic N) is 1. The summed E-state index contributed by atoms with van der Waals surface area (Å²) < 4.78 is 13.8. The van der Waals surface area contributed by atoms with E-state index in [-0.39, 0.29) is 11.9 Å². The van der Waals surface area contributed by atoms with Crippen molar-refractivity contribution in [2.45, 2.75) is 25.3 Å². The first-order chi connectivity index (χ1) is 8.70. The summed E-state index contributed by atoms with van der Waals surface area (Å²) in [6.45, 7) is 2.34. The number of nitrogens with two attached hydrogens (primary N) is 1. The van der Waals surface area contributed by atoms with Gasteiger partial charge >= 0.3 is 0 Å². The Morgan fingerprint density at radius 3 is 2.67 bits per heavy atom. The number of rotatable bonds is 4. The standard InChI is InChI=1S/C13H19ClFN3/c14-10-4-5-11(12(15)8-10)13(9-16)17-18-6-2-1-3-7-18/h4-5,8,13,17H,1-3,6-7,9,16H2. The predicted molar refractivity (Wildman–Crippen MR) is 71.8 cm³/mol. The van der Waals surface area contributed by atoms with Crippen LogP contribution in [0.15, 0.2) is 18.2 Å². The summed E-state index contributed by atoms with van der Waals surface area (Å²) in [4.78, 5) is 0. The van der Waals surface area contributed by atoms with Crippen LogP contribution < -0.4 is 11.2 Å². The lowest BCUT2D eigenvalue weighted by molar-refractivity contribution is 0.129. The third-order valence-corrected chi connectivity index (χ3v) is 3.50. The number of benzene rings is 1. The number of halogens is 2. The number of hydrazine groups is 1. The molecule has 5 heteroatoms. The van der Waals surface area contributed by atoms with E-state index in [4.69, 9.17) is 17.3 Å². The Balaban J connectivity index is 2.07. The van der Waals surface area contributed by atoms with Crippen LogP contribution in [0.4, 0.5) is 4.39 Å². The molecule has 1 unspecified atom stereocenters. The van der Waals surface area contributed by atoms with Gasteiger partial charge in [-0.2, -0.15) is 0 Å². The van der Waals surface area contributed by atoms with Crippen molar-refractivity contribution in [3.8, 4) is 0 Å². The predicted octanol–water partition coefficient (Wildman–Crippen LogP) is 2.47. The number of hydrogen-bond donors (Lipinski definition) is 2. The third-order valence-electron chi connectivity index (χ3n) is 3.27. The van der Waals surface area contributed by atoms with Crippen LogP contribution in [0.1, 0.15) is 30.9 Å². The lowest BCUT2D eigenvalue weighted by atomic mass is 10.1. The van der Waals surface area contributed by atoms with Crippen molar-refractivity contribution in [1.29, 1.82) is 0 Å². The third kappa shape index (κ3) is 3.42. The van der Waals surface area contributed by atoms with Gasteiger partial charge in [0.15, 0.2) is 0 Å². The molecule has 0 amide bonds. The van der Waals surface area contributed by atoms with Gasteiger partial charge in [0.1, 0.15) is 5.82 Å². The molecule has 1 heterocycles.